The molecule has 0 radical (unpaired) electrons. The lowest BCUT2D eigenvalue weighted by molar-refractivity contribution is -0.254. The van der Waals surface area contributed by atoms with Crippen LogP contribution in [0.25, 0.3) is 0 Å². The van der Waals surface area contributed by atoms with Crippen LogP contribution >= 0.6 is 28.1 Å². The molecule has 2 rings (SSSR count). The highest BCUT2D eigenvalue weighted by atomic mass is 79.9. The largest absolute Gasteiger partial charge is 0.463 e. The molecule has 1 heterocycles. The van der Waals surface area contributed by atoms with Gasteiger partial charge in [0.05, 0.1) is 5.69 Å². The number of benzene rings is 1. The first kappa shape index (κ1) is 27.5. The lowest BCUT2D eigenvalue weighted by Gasteiger charge is -2.44. The topological polar surface area (TPSA) is 138 Å². The molecule has 0 unspecified atom stereocenters. The van der Waals surface area contributed by atoms with Gasteiger partial charge >= 0.3 is 23.9 Å². The number of halogens is 1. The number of carbonyl (C=O) groups is 4. The van der Waals surface area contributed by atoms with E-state index in [1.165, 1.54) is 6.92 Å². The molecule has 1 aliphatic rings. The van der Waals surface area contributed by atoms with Crippen molar-refractivity contribution in [3.05, 3.63) is 28.7 Å². The second-order valence-electron chi connectivity index (χ2n) is 7.20. The Morgan fingerprint density at radius 2 is 1.47 bits per heavy atom. The van der Waals surface area contributed by atoms with Crippen LogP contribution in [0.1, 0.15) is 27.7 Å². The van der Waals surface area contributed by atoms with Crippen LogP contribution < -0.4 is 10.6 Å². The summed E-state index contributed by atoms with van der Waals surface area (Å²) in [7, 11) is 0. The maximum absolute atomic E-state index is 11.9. The molecule has 13 heteroatoms. The Kier molecular flexibility index (Phi) is 10.2. The molecule has 0 spiro atoms. The Labute approximate surface area is 209 Å². The van der Waals surface area contributed by atoms with Gasteiger partial charge in [-0.25, -0.2) is 0 Å². The minimum absolute atomic E-state index is 0.0906. The molecule has 34 heavy (non-hydrogen) atoms. The third kappa shape index (κ3) is 8.22. The standard InChI is InChI=1S/C21H25BrN2O9S/c1-10(25)29-9-16-17(30-11(2)26)18(31-12(3)27)19(32-13(4)28)20(33-16)24-21(34)23-15-8-6-5-7-14(15)22/h5-8,16-20H,9H2,1-4H3,(H2,23,24,34)/t16-,17-,18-,19-,20+/m0/s1. The van der Waals surface area contributed by atoms with E-state index >= 15 is 0 Å². The molecule has 1 aliphatic heterocycles. The number of anilines is 1. The van der Waals surface area contributed by atoms with Gasteiger partial charge in [0.15, 0.2) is 29.7 Å². The molecule has 0 bridgehead atoms. The monoisotopic (exact) mass is 560 g/mol. The van der Waals surface area contributed by atoms with E-state index in [0.29, 0.717) is 5.69 Å². The Morgan fingerprint density at radius 3 is 2.03 bits per heavy atom. The molecule has 1 aromatic carbocycles. The fraction of sp³-hybridized carbons (Fsp3) is 0.476. The van der Waals surface area contributed by atoms with Crippen molar-refractivity contribution in [1.29, 1.82) is 0 Å². The Bertz CT molecular complexity index is 945. The average molecular weight is 561 g/mol. The van der Waals surface area contributed by atoms with Gasteiger partial charge in [-0.05, 0) is 40.3 Å². The van der Waals surface area contributed by atoms with Crippen molar-refractivity contribution in [2.75, 3.05) is 11.9 Å². The van der Waals surface area contributed by atoms with Gasteiger partial charge in [0.2, 0.25) is 0 Å². The predicted octanol–water partition coefficient (Wildman–Crippen LogP) is 1.82. The van der Waals surface area contributed by atoms with E-state index in [-0.39, 0.29) is 11.7 Å². The highest BCUT2D eigenvalue weighted by Gasteiger charge is 2.52. The van der Waals surface area contributed by atoms with Crippen LogP contribution in [0.4, 0.5) is 5.69 Å². The van der Waals surface area contributed by atoms with Crippen LogP contribution in [0.5, 0.6) is 0 Å². The number of ether oxygens (including phenoxy) is 5. The number of nitrogens with one attached hydrogen (secondary N) is 2. The molecule has 0 aromatic heterocycles. The number of carbonyl (C=O) groups excluding carboxylic acids is 4. The highest BCUT2D eigenvalue weighted by Crippen LogP contribution is 2.29. The third-order valence-electron chi connectivity index (χ3n) is 4.39. The van der Waals surface area contributed by atoms with Crippen LogP contribution in [-0.4, -0.2) is 66.2 Å². The van der Waals surface area contributed by atoms with Gasteiger partial charge < -0.3 is 34.3 Å². The van der Waals surface area contributed by atoms with Crippen molar-refractivity contribution in [1.82, 2.24) is 5.32 Å². The smallest absolute Gasteiger partial charge is 0.303 e. The summed E-state index contributed by atoms with van der Waals surface area (Å²) in [5.74, 6) is -2.74. The molecular weight excluding hydrogens is 536 g/mol. The average Bonchev–Trinajstić information content (AvgIpc) is 2.71. The lowest BCUT2D eigenvalue weighted by Crippen LogP contribution is -2.66. The minimum Gasteiger partial charge on any atom is -0.463 e. The molecule has 2 N–H and O–H groups in total. The summed E-state index contributed by atoms with van der Waals surface area (Å²) >= 11 is 8.77. The van der Waals surface area contributed by atoms with E-state index in [4.69, 9.17) is 35.9 Å². The van der Waals surface area contributed by atoms with Crippen molar-refractivity contribution in [3.63, 3.8) is 0 Å². The van der Waals surface area contributed by atoms with E-state index in [1.807, 2.05) is 6.07 Å². The van der Waals surface area contributed by atoms with E-state index in [0.717, 1.165) is 25.2 Å². The second kappa shape index (κ2) is 12.6. The van der Waals surface area contributed by atoms with Crippen LogP contribution in [0.3, 0.4) is 0 Å². The zero-order chi connectivity index (χ0) is 25.4. The fourth-order valence-electron chi connectivity index (χ4n) is 3.19. The van der Waals surface area contributed by atoms with Crippen molar-refractivity contribution in [2.24, 2.45) is 0 Å². The fourth-order valence-corrected chi connectivity index (χ4v) is 3.80. The summed E-state index contributed by atoms with van der Waals surface area (Å²) < 4.78 is 27.8. The summed E-state index contributed by atoms with van der Waals surface area (Å²) in [6.07, 6.45) is -6.04. The first-order valence-corrected chi connectivity index (χ1v) is 11.3. The quantitative estimate of drug-likeness (QED) is 0.285. The van der Waals surface area contributed by atoms with E-state index in [9.17, 15) is 19.2 Å². The van der Waals surface area contributed by atoms with Crippen molar-refractivity contribution < 1.29 is 42.9 Å². The number of esters is 4. The molecule has 186 valence electrons. The Morgan fingerprint density at radius 1 is 0.912 bits per heavy atom. The van der Waals surface area contributed by atoms with Crippen LogP contribution in [-0.2, 0) is 42.9 Å². The van der Waals surface area contributed by atoms with Gasteiger partial charge in [-0.3, -0.25) is 19.2 Å². The molecule has 1 aromatic rings. The third-order valence-corrected chi connectivity index (χ3v) is 5.30. The second-order valence-corrected chi connectivity index (χ2v) is 8.46. The van der Waals surface area contributed by atoms with Gasteiger partial charge in [0.1, 0.15) is 12.7 Å². The van der Waals surface area contributed by atoms with Gasteiger partial charge in [-0.2, -0.15) is 0 Å². The number of thiocarbonyl (C=S) groups is 1. The van der Waals surface area contributed by atoms with Crippen LogP contribution in [0.2, 0.25) is 0 Å². The molecule has 1 saturated heterocycles. The molecule has 0 aliphatic carbocycles. The maximum Gasteiger partial charge on any atom is 0.303 e. The zero-order valence-electron chi connectivity index (χ0n) is 18.9. The van der Waals surface area contributed by atoms with Crippen LogP contribution in [0.15, 0.2) is 28.7 Å². The molecule has 0 amide bonds. The SMILES string of the molecule is CC(=O)OC[C@@H]1O[C@@H](NC(=S)Nc2ccccc2Br)[C@@H](OC(C)=O)[C@@H](OC(C)=O)[C@H]1OC(C)=O. The molecule has 11 nitrogen and oxygen atoms in total. The van der Waals surface area contributed by atoms with Gasteiger partial charge in [-0.15, -0.1) is 0 Å². The van der Waals surface area contributed by atoms with Crippen molar-refractivity contribution in [3.8, 4) is 0 Å². The number of para-hydroxylation sites is 1. The summed E-state index contributed by atoms with van der Waals surface area (Å²) in [6, 6.07) is 7.19. The van der Waals surface area contributed by atoms with Gasteiger partial charge in [0.25, 0.3) is 0 Å². The maximum atomic E-state index is 11.9. The first-order valence-electron chi connectivity index (χ1n) is 10.1. The lowest BCUT2D eigenvalue weighted by atomic mass is 9.97. The zero-order valence-corrected chi connectivity index (χ0v) is 21.3. The molecule has 1 fully saturated rings. The molecular formula is C21H25BrN2O9S. The number of rotatable bonds is 7. The first-order chi connectivity index (χ1) is 16.0. The number of hydrogen-bond acceptors (Lipinski definition) is 10. The molecule has 0 saturated carbocycles. The Hall–Kier alpha value is -2.77. The molecule has 5 atom stereocenters. The summed E-state index contributed by atoms with van der Waals surface area (Å²) in [5.41, 5.74) is 0.644. The summed E-state index contributed by atoms with van der Waals surface area (Å²) in [5, 5.41) is 5.93. The van der Waals surface area contributed by atoms with Gasteiger partial charge in [-0.1, -0.05) is 12.1 Å². The summed E-state index contributed by atoms with van der Waals surface area (Å²) in [6.45, 7) is 4.32. The normalized spacial score (nSPS) is 23.7. The number of hydrogen-bond donors (Lipinski definition) is 2. The van der Waals surface area contributed by atoms with E-state index < -0.39 is 54.5 Å². The van der Waals surface area contributed by atoms with Crippen molar-refractivity contribution in [2.45, 2.75) is 58.3 Å². The van der Waals surface area contributed by atoms with Crippen LogP contribution in [0, 0.1) is 0 Å². The van der Waals surface area contributed by atoms with Crippen molar-refractivity contribution >= 4 is 62.8 Å². The Balaban J connectivity index is 2.37. The van der Waals surface area contributed by atoms with E-state index in [1.54, 1.807) is 18.2 Å². The van der Waals surface area contributed by atoms with E-state index in [2.05, 4.69) is 26.6 Å². The van der Waals surface area contributed by atoms with Gasteiger partial charge in [0, 0.05) is 32.2 Å². The minimum atomic E-state index is -1.29. The summed E-state index contributed by atoms with van der Waals surface area (Å²) in [4.78, 5) is 46.9. The predicted molar refractivity (Wildman–Crippen MR) is 125 cm³/mol. The highest BCUT2D eigenvalue weighted by molar-refractivity contribution is 9.10.